The lowest BCUT2D eigenvalue weighted by molar-refractivity contribution is -0.356. The number of amides is 1. The molecule has 0 saturated carbocycles. The van der Waals surface area contributed by atoms with Gasteiger partial charge in [0.15, 0.2) is 5.69 Å². The molecule has 5 rings (SSSR count). The van der Waals surface area contributed by atoms with Crippen LogP contribution in [0.15, 0.2) is 46.8 Å². The normalized spacial score (nSPS) is 13.6. The molecule has 1 aliphatic carbocycles. The van der Waals surface area contributed by atoms with Crippen LogP contribution in [0.1, 0.15) is 33.8 Å². The van der Waals surface area contributed by atoms with E-state index in [1.54, 1.807) is 5.38 Å². The summed E-state index contributed by atoms with van der Waals surface area (Å²) in [7, 11) is -3.87. The van der Waals surface area contributed by atoms with Crippen LogP contribution in [0.3, 0.4) is 0 Å². The number of aromatic amines is 1. The average molecular weight is 486 g/mol. The molecule has 164 valence electrons. The first-order chi connectivity index (χ1) is 15.4. The summed E-state index contributed by atoms with van der Waals surface area (Å²) in [6.45, 7) is 0. The fourth-order valence-electron chi connectivity index (χ4n) is 3.72. The van der Waals surface area contributed by atoms with Gasteiger partial charge < -0.3 is 20.8 Å². The summed E-state index contributed by atoms with van der Waals surface area (Å²) in [5.74, 6) is -0.335. The van der Waals surface area contributed by atoms with Crippen LogP contribution in [0.2, 0.25) is 0 Å². The van der Waals surface area contributed by atoms with Crippen LogP contribution < -0.4 is 16.0 Å². The van der Waals surface area contributed by atoms with Gasteiger partial charge in [-0.3, -0.25) is 4.79 Å². The van der Waals surface area contributed by atoms with Crippen molar-refractivity contribution < 1.29 is 18.2 Å². The molecule has 0 atom stereocenters. The van der Waals surface area contributed by atoms with Gasteiger partial charge in [-0.15, -0.1) is 0 Å². The standard InChI is InChI=1S/C21H19N5O3S3/c22-17-15-11-12-3-1-2-4-16(12)25-20(15)31-18(17)19(27)24-13-5-7-14(8-6-13)32(28,29)26-21-23-9-10-30-21/h5-11H,1-4H2,(H4,22,23,24,26,27). The zero-order valence-electron chi connectivity index (χ0n) is 16.8. The molecule has 8 nitrogen and oxygen atoms in total. The van der Waals surface area contributed by atoms with E-state index in [1.165, 1.54) is 53.1 Å². The highest BCUT2D eigenvalue weighted by atomic mass is 32.2. The lowest BCUT2D eigenvalue weighted by atomic mass is 9.95. The van der Waals surface area contributed by atoms with Crippen LogP contribution in [0.5, 0.6) is 0 Å². The van der Waals surface area contributed by atoms with E-state index < -0.39 is 10.0 Å². The van der Waals surface area contributed by atoms with Crippen LogP contribution in [-0.4, -0.2) is 19.3 Å². The number of nitrogens with zero attached hydrogens (tertiary/aromatic N) is 2. The van der Waals surface area contributed by atoms with Gasteiger partial charge in [-0.1, -0.05) is 17.5 Å². The number of nitrogens with one attached hydrogen (secondary N) is 2. The summed E-state index contributed by atoms with van der Waals surface area (Å²) in [4.78, 5) is 21.5. The second kappa shape index (κ2) is 8.15. The van der Waals surface area contributed by atoms with Crippen molar-refractivity contribution in [1.29, 1.82) is 0 Å². The summed E-state index contributed by atoms with van der Waals surface area (Å²) in [6.07, 6.45) is 5.83. The molecule has 0 bridgehead atoms. The fraction of sp³-hybridized carbons (Fsp3) is 0.190. The van der Waals surface area contributed by atoms with E-state index in [2.05, 4.69) is 26.1 Å². The van der Waals surface area contributed by atoms with Gasteiger partial charge in [0.25, 0.3) is 10.7 Å². The van der Waals surface area contributed by atoms with Crippen LogP contribution in [0, 0.1) is 0 Å². The van der Waals surface area contributed by atoms with E-state index in [9.17, 15) is 13.2 Å². The molecule has 4 N–H and O–H groups in total. The van der Waals surface area contributed by atoms with Crippen molar-refractivity contribution >= 4 is 65.3 Å². The van der Waals surface area contributed by atoms with E-state index in [4.69, 9.17) is 5.73 Å². The highest BCUT2D eigenvalue weighted by molar-refractivity contribution is 7.94. The van der Waals surface area contributed by atoms with Crippen molar-refractivity contribution in [2.45, 2.75) is 30.6 Å². The minimum absolute atomic E-state index is 0.0206. The number of thiazole rings is 1. The third-order valence-corrected chi connectivity index (χ3v) is 8.51. The number of carbonyl (C=O) groups excluding carboxylic acids is 1. The van der Waals surface area contributed by atoms with Crippen molar-refractivity contribution in [2.24, 2.45) is 0 Å². The number of nitrogens with two attached hydrogens (primary N) is 1. The highest BCUT2D eigenvalue weighted by Gasteiger charge is 2.24. The molecule has 4 aromatic rings. The Labute approximate surface area is 192 Å². The molecule has 11 heteroatoms. The molecule has 0 unspecified atom stereocenters. The molecule has 0 aliphatic heterocycles. The van der Waals surface area contributed by atoms with Gasteiger partial charge in [-0.05, 0) is 55.0 Å². The molecule has 3 aromatic heterocycles. The average Bonchev–Trinajstić information content (AvgIpc) is 3.40. The largest absolute Gasteiger partial charge is 0.433 e. The van der Waals surface area contributed by atoms with Crippen molar-refractivity contribution in [3.63, 3.8) is 0 Å². The molecule has 32 heavy (non-hydrogen) atoms. The number of aryl methyl sites for hydroxylation is 2. The Morgan fingerprint density at radius 1 is 1.19 bits per heavy atom. The zero-order valence-corrected chi connectivity index (χ0v) is 19.2. The molecular weight excluding hydrogens is 466 g/mol. The number of benzene rings is 1. The van der Waals surface area contributed by atoms with Gasteiger partial charge in [0.05, 0.1) is 16.0 Å². The molecule has 1 amide bonds. The third-order valence-electron chi connectivity index (χ3n) is 5.31. The number of thiophene rings is 1. The quantitative estimate of drug-likeness (QED) is 0.436. The summed E-state index contributed by atoms with van der Waals surface area (Å²) in [5.41, 5.74) is 9.70. The van der Waals surface area contributed by atoms with Crippen molar-refractivity contribution in [3.8, 4) is 0 Å². The highest BCUT2D eigenvalue weighted by Crippen LogP contribution is 2.34. The first-order valence-electron chi connectivity index (χ1n) is 9.96. The molecule has 1 aliphatic rings. The molecular formula is C21H19N5O3S3. The zero-order chi connectivity index (χ0) is 22.3. The third kappa shape index (κ3) is 3.94. The summed E-state index contributed by atoms with van der Waals surface area (Å²) in [6, 6.07) is 7.94. The number of anilines is 2. The topological polar surface area (TPSA) is 130 Å². The molecule has 1 aromatic carbocycles. The molecule has 0 spiro atoms. The van der Waals surface area contributed by atoms with Crippen LogP contribution in [0.25, 0.3) is 14.9 Å². The first kappa shape index (κ1) is 20.9. The summed E-state index contributed by atoms with van der Waals surface area (Å²) >= 11 is 2.46. The maximum Gasteiger partial charge on any atom is 0.270 e. The number of fused-ring (bicyclic) bond motifs is 2. The lowest BCUT2D eigenvalue weighted by Gasteiger charge is -2.12. The van der Waals surface area contributed by atoms with Crippen molar-refractivity contribution in [2.75, 3.05) is 11.1 Å². The van der Waals surface area contributed by atoms with E-state index in [0.717, 1.165) is 47.2 Å². The Bertz CT molecular complexity index is 1410. The second-order valence-electron chi connectivity index (χ2n) is 7.43. The Balaban J connectivity index is 1.36. The number of aromatic nitrogens is 2. The predicted molar refractivity (Wildman–Crippen MR) is 126 cm³/mol. The maximum absolute atomic E-state index is 12.9. The predicted octanol–water partition coefficient (Wildman–Crippen LogP) is 4.28. The van der Waals surface area contributed by atoms with E-state index in [-0.39, 0.29) is 15.9 Å². The Hall–Kier alpha value is -3.02. The SMILES string of the molecule is Nc1c(C(=O)Nc2ccc(S(=O)(=O)[N-]c3nccs3)cc2)sc2[nH+]c3c(cc12)CCCC3. The molecule has 0 saturated heterocycles. The summed E-state index contributed by atoms with van der Waals surface area (Å²) < 4.78 is 28.5. The minimum Gasteiger partial charge on any atom is -0.433 e. The van der Waals surface area contributed by atoms with E-state index in [0.29, 0.717) is 16.3 Å². The number of pyridine rings is 1. The van der Waals surface area contributed by atoms with Gasteiger partial charge in [-0.2, -0.15) is 16.3 Å². The Kier molecular flexibility index (Phi) is 5.31. The Morgan fingerprint density at radius 2 is 1.97 bits per heavy atom. The van der Waals surface area contributed by atoms with Gasteiger partial charge in [0.2, 0.25) is 10.0 Å². The number of nitrogen functional groups attached to an aromatic ring is 1. The first-order valence-corrected chi connectivity index (χ1v) is 13.1. The van der Waals surface area contributed by atoms with Gasteiger partial charge in [0.1, 0.15) is 4.88 Å². The second-order valence-corrected chi connectivity index (χ2v) is 10.9. The monoisotopic (exact) mass is 485 g/mol. The minimum atomic E-state index is -3.87. The van der Waals surface area contributed by atoms with Gasteiger partial charge in [0, 0.05) is 22.8 Å². The smallest absolute Gasteiger partial charge is 0.270 e. The number of hydrogen-bond donors (Lipinski definition) is 2. The van der Waals surface area contributed by atoms with Crippen molar-refractivity contribution in [3.05, 3.63) is 62.8 Å². The number of sulfonamides is 1. The van der Waals surface area contributed by atoms with Gasteiger partial charge >= 0.3 is 0 Å². The van der Waals surface area contributed by atoms with E-state index in [1.807, 2.05) is 0 Å². The Morgan fingerprint density at radius 3 is 2.72 bits per heavy atom. The maximum atomic E-state index is 12.9. The number of rotatable bonds is 5. The van der Waals surface area contributed by atoms with Crippen molar-refractivity contribution in [1.82, 2.24) is 4.98 Å². The lowest BCUT2D eigenvalue weighted by Crippen LogP contribution is -2.17. The van der Waals surface area contributed by atoms with Gasteiger partial charge in [-0.25, -0.2) is 8.42 Å². The molecule has 0 fully saturated rings. The molecule has 3 heterocycles. The molecule has 0 radical (unpaired) electrons. The van der Waals surface area contributed by atoms with Crippen LogP contribution in [-0.2, 0) is 22.9 Å². The fourth-order valence-corrected chi connectivity index (χ4v) is 6.41. The summed E-state index contributed by atoms with van der Waals surface area (Å²) in [5, 5.41) is 5.48. The van der Waals surface area contributed by atoms with Crippen LogP contribution in [0.4, 0.5) is 16.5 Å². The number of carbonyl (C=O) groups is 1. The number of hydrogen-bond acceptors (Lipinski definition) is 7. The van der Waals surface area contributed by atoms with Crippen LogP contribution >= 0.6 is 22.7 Å². The van der Waals surface area contributed by atoms with E-state index >= 15 is 0 Å². The number of H-pyrrole nitrogens is 1.